The second-order valence-corrected chi connectivity index (χ2v) is 19.0. The number of esters is 2. The predicted octanol–water partition coefficient (Wildman–Crippen LogP) is 14.6. The van der Waals surface area contributed by atoms with Gasteiger partial charge in [0.05, 0.1) is 13.1 Å². The molecule has 0 aliphatic carbocycles. The Kier molecular flexibility index (Phi) is 37.6. The van der Waals surface area contributed by atoms with Gasteiger partial charge in [-0.05, 0) is 106 Å². The number of ether oxygens (including phenoxy) is 4. The number of amides is 2. The molecule has 0 unspecified atom stereocenters. The molecule has 0 aromatic rings. The Labute approximate surface area is 381 Å². The maximum Gasteiger partial charge on any atom is 0.410 e. The minimum Gasteiger partial charge on any atom is -0.464 e. The van der Waals surface area contributed by atoms with Crippen LogP contribution >= 0.6 is 0 Å². The average molecular weight is 877 g/mol. The Bertz CT molecular complexity index is 1080. The topological polar surface area (TPSA) is 112 Å². The van der Waals surface area contributed by atoms with E-state index in [0.717, 1.165) is 64.2 Å². The maximum absolute atomic E-state index is 13.2. The van der Waals surface area contributed by atoms with Crippen molar-refractivity contribution >= 4 is 24.1 Å². The molecular formula is C52H96N2O8. The van der Waals surface area contributed by atoms with E-state index in [0.29, 0.717) is 12.8 Å². The van der Waals surface area contributed by atoms with Crippen molar-refractivity contribution < 1.29 is 38.1 Å². The lowest BCUT2D eigenvalue weighted by molar-refractivity contribution is -0.145. The molecule has 0 rings (SSSR count). The summed E-state index contributed by atoms with van der Waals surface area (Å²) < 4.78 is 22.3. The van der Waals surface area contributed by atoms with Crippen LogP contribution in [-0.4, -0.2) is 84.5 Å². The van der Waals surface area contributed by atoms with E-state index in [4.69, 9.17) is 18.9 Å². The first-order valence-electron chi connectivity index (χ1n) is 25.3. The molecule has 0 aromatic carbocycles. The quantitative estimate of drug-likeness (QED) is 0.0260. The second kappa shape index (κ2) is 39.5. The van der Waals surface area contributed by atoms with Gasteiger partial charge in [0.2, 0.25) is 0 Å². The summed E-state index contributed by atoms with van der Waals surface area (Å²) in [5.74, 6) is -0.573. The van der Waals surface area contributed by atoms with E-state index in [1.165, 1.54) is 113 Å². The van der Waals surface area contributed by atoms with Gasteiger partial charge in [-0.3, -0.25) is 9.59 Å². The highest BCUT2D eigenvalue weighted by molar-refractivity contribution is 5.71. The zero-order valence-corrected chi connectivity index (χ0v) is 41.5. The van der Waals surface area contributed by atoms with Crippen LogP contribution in [-0.2, 0) is 28.5 Å². The second-order valence-electron chi connectivity index (χ2n) is 19.0. The van der Waals surface area contributed by atoms with Crippen molar-refractivity contribution in [2.45, 2.75) is 246 Å². The molecule has 0 spiro atoms. The van der Waals surface area contributed by atoms with Crippen molar-refractivity contribution in [1.82, 2.24) is 9.80 Å². The van der Waals surface area contributed by atoms with E-state index in [2.05, 4.69) is 38.2 Å². The van der Waals surface area contributed by atoms with Gasteiger partial charge in [0.1, 0.15) is 24.4 Å². The normalized spacial score (nSPS) is 11.9. The lowest BCUT2D eigenvalue weighted by Crippen LogP contribution is -2.46. The van der Waals surface area contributed by atoms with Crippen LogP contribution < -0.4 is 0 Å². The van der Waals surface area contributed by atoms with E-state index in [-0.39, 0.29) is 51.3 Å². The van der Waals surface area contributed by atoms with Gasteiger partial charge in [-0.1, -0.05) is 141 Å². The molecule has 0 atom stereocenters. The zero-order chi connectivity index (χ0) is 46.2. The van der Waals surface area contributed by atoms with Gasteiger partial charge in [-0.2, -0.15) is 0 Å². The number of rotatable bonds is 39. The third-order valence-corrected chi connectivity index (χ3v) is 10.5. The lowest BCUT2D eigenvalue weighted by Gasteiger charge is -2.31. The molecule has 0 bridgehead atoms. The van der Waals surface area contributed by atoms with Gasteiger partial charge in [0.15, 0.2) is 0 Å². The van der Waals surface area contributed by atoms with Crippen LogP contribution in [0.15, 0.2) is 24.3 Å². The third kappa shape index (κ3) is 41.0. The molecule has 0 fully saturated rings. The van der Waals surface area contributed by atoms with Gasteiger partial charge < -0.3 is 28.7 Å². The lowest BCUT2D eigenvalue weighted by atomic mass is 10.1. The van der Waals surface area contributed by atoms with Crippen molar-refractivity contribution in [1.29, 1.82) is 0 Å². The summed E-state index contributed by atoms with van der Waals surface area (Å²) in [4.78, 5) is 54.4. The Balaban J connectivity index is 4.64. The van der Waals surface area contributed by atoms with Crippen LogP contribution in [0, 0.1) is 0 Å². The fraction of sp³-hybridized carbons (Fsp3) is 0.846. The van der Waals surface area contributed by atoms with Crippen LogP contribution in [0.4, 0.5) is 9.59 Å². The number of unbranched alkanes of at least 4 members (excludes halogenated alkanes) is 22. The Hall–Kier alpha value is -3.04. The fourth-order valence-electron chi connectivity index (χ4n) is 6.85. The van der Waals surface area contributed by atoms with Crippen LogP contribution in [0.5, 0.6) is 0 Å². The highest BCUT2D eigenvalue weighted by Crippen LogP contribution is 2.15. The van der Waals surface area contributed by atoms with Gasteiger partial charge in [-0.15, -0.1) is 0 Å². The summed E-state index contributed by atoms with van der Waals surface area (Å²) in [7, 11) is 0. The number of carbonyl (C=O) groups is 4. The predicted molar refractivity (Wildman–Crippen MR) is 256 cm³/mol. The van der Waals surface area contributed by atoms with Gasteiger partial charge >= 0.3 is 24.1 Å². The summed E-state index contributed by atoms with van der Waals surface area (Å²) >= 11 is 0. The van der Waals surface area contributed by atoms with Gasteiger partial charge in [-0.25, -0.2) is 9.59 Å². The molecule has 0 heterocycles. The molecule has 10 nitrogen and oxygen atoms in total. The van der Waals surface area contributed by atoms with Crippen molar-refractivity contribution in [3.05, 3.63) is 24.3 Å². The molecule has 0 aromatic heterocycles. The van der Waals surface area contributed by atoms with Crippen molar-refractivity contribution in [3.63, 3.8) is 0 Å². The maximum atomic E-state index is 13.2. The average Bonchev–Trinajstić information content (AvgIpc) is 3.19. The molecule has 10 heteroatoms. The Morgan fingerprint density at radius 3 is 0.952 bits per heavy atom. The first-order chi connectivity index (χ1) is 29.7. The van der Waals surface area contributed by atoms with E-state index >= 15 is 0 Å². The summed E-state index contributed by atoms with van der Waals surface area (Å²) in [5.41, 5.74) is -1.47. The first-order valence-corrected chi connectivity index (χ1v) is 25.3. The van der Waals surface area contributed by atoms with E-state index < -0.39 is 23.4 Å². The van der Waals surface area contributed by atoms with E-state index in [1.807, 2.05) is 0 Å². The fourth-order valence-corrected chi connectivity index (χ4v) is 6.85. The molecule has 0 N–H and O–H groups in total. The number of carbonyl (C=O) groups excluding carboxylic acids is 4. The first kappa shape index (κ1) is 59.0. The summed E-state index contributed by atoms with van der Waals surface area (Å²) in [6.07, 6.45) is 39.8. The molecular weight excluding hydrogens is 781 g/mol. The highest BCUT2D eigenvalue weighted by atomic mass is 16.6. The third-order valence-electron chi connectivity index (χ3n) is 10.5. The Morgan fingerprint density at radius 1 is 0.387 bits per heavy atom. The molecule has 0 aliphatic heterocycles. The van der Waals surface area contributed by atoms with Crippen LogP contribution in [0.3, 0.4) is 0 Å². The summed E-state index contributed by atoms with van der Waals surface area (Å²) in [6, 6.07) is 0. The minimum atomic E-state index is -0.737. The monoisotopic (exact) mass is 877 g/mol. The summed E-state index contributed by atoms with van der Waals surface area (Å²) in [6.45, 7) is 15.7. The zero-order valence-electron chi connectivity index (χ0n) is 41.5. The van der Waals surface area contributed by atoms with Crippen LogP contribution in [0.25, 0.3) is 0 Å². The molecule has 0 aliphatic rings. The SMILES string of the molecule is CCCCCCCCC=CCCCCCCCC(=O)OCCN(CCN(CCOC(=O)CCCCCCCC=CCCCCCCCC)C(=O)OC(C)(C)C)C(=O)OC(C)(C)C. The standard InChI is InChI=1S/C52H96N2O8/c1-9-11-13-15-17-19-21-23-25-27-29-31-33-35-37-39-47(55)59-45-43-53(49(57)61-51(3,4)5)41-42-54(50(58)62-52(6,7)8)44-46-60-48(56)40-38-36-34-32-30-28-26-24-22-20-18-16-14-12-10-2/h23-26H,9-22,27-46H2,1-8H3. The van der Waals surface area contributed by atoms with E-state index in [1.54, 1.807) is 41.5 Å². The molecule has 362 valence electrons. The van der Waals surface area contributed by atoms with Crippen molar-refractivity contribution in [2.75, 3.05) is 39.4 Å². The largest absolute Gasteiger partial charge is 0.464 e. The molecule has 0 radical (unpaired) electrons. The van der Waals surface area contributed by atoms with Crippen LogP contribution in [0.1, 0.15) is 235 Å². The number of hydrogen-bond donors (Lipinski definition) is 0. The number of hydrogen-bond acceptors (Lipinski definition) is 8. The van der Waals surface area contributed by atoms with Gasteiger partial charge in [0.25, 0.3) is 0 Å². The minimum absolute atomic E-state index is 0.0174. The molecule has 62 heavy (non-hydrogen) atoms. The van der Waals surface area contributed by atoms with Crippen molar-refractivity contribution in [2.24, 2.45) is 0 Å². The van der Waals surface area contributed by atoms with Crippen molar-refractivity contribution in [3.8, 4) is 0 Å². The van der Waals surface area contributed by atoms with Gasteiger partial charge in [0, 0.05) is 25.9 Å². The highest BCUT2D eigenvalue weighted by Gasteiger charge is 2.26. The smallest absolute Gasteiger partial charge is 0.410 e. The Morgan fingerprint density at radius 2 is 0.661 bits per heavy atom. The van der Waals surface area contributed by atoms with Crippen LogP contribution in [0.2, 0.25) is 0 Å². The molecule has 0 saturated heterocycles. The number of nitrogens with zero attached hydrogens (tertiary/aromatic N) is 2. The summed E-state index contributed by atoms with van der Waals surface area (Å²) in [5, 5.41) is 0. The molecule has 0 saturated carbocycles. The number of allylic oxidation sites excluding steroid dienone is 4. The van der Waals surface area contributed by atoms with E-state index in [9.17, 15) is 19.2 Å². The molecule has 2 amide bonds.